The predicted molar refractivity (Wildman–Crippen MR) is 75.8 cm³/mol. The highest BCUT2D eigenvalue weighted by Gasteiger charge is 1.91. The quantitative estimate of drug-likeness (QED) is 0.725. The van der Waals surface area contributed by atoms with Crippen LogP contribution in [-0.4, -0.2) is 0 Å². The Morgan fingerprint density at radius 2 is 1.88 bits per heavy atom. The van der Waals surface area contributed by atoms with Gasteiger partial charge in [-0.05, 0) is 42.3 Å². The molecule has 0 saturated carbocycles. The number of aryl methyl sites for hydroxylation is 1. The SMILES string of the molecule is C=CC(/C=C\NCc1ccc(CC)cc1)=C/C. The van der Waals surface area contributed by atoms with Crippen LogP contribution in [0, 0.1) is 0 Å². The van der Waals surface area contributed by atoms with Crippen LogP contribution in [0.5, 0.6) is 0 Å². The summed E-state index contributed by atoms with van der Waals surface area (Å²) >= 11 is 0. The molecular formula is C16H21N. The number of benzene rings is 1. The Morgan fingerprint density at radius 1 is 1.24 bits per heavy atom. The molecule has 0 bridgehead atoms. The fourth-order valence-electron chi connectivity index (χ4n) is 1.51. The van der Waals surface area contributed by atoms with E-state index < -0.39 is 0 Å². The first-order valence-electron chi connectivity index (χ1n) is 6.06. The Bertz CT molecular complexity index is 396. The third-order valence-corrected chi connectivity index (χ3v) is 2.70. The predicted octanol–water partition coefficient (Wildman–Crippen LogP) is 3.98. The fourth-order valence-corrected chi connectivity index (χ4v) is 1.51. The molecule has 1 heteroatoms. The van der Waals surface area contributed by atoms with E-state index >= 15 is 0 Å². The van der Waals surface area contributed by atoms with E-state index in [9.17, 15) is 0 Å². The van der Waals surface area contributed by atoms with E-state index in [1.165, 1.54) is 11.1 Å². The van der Waals surface area contributed by atoms with Crippen LogP contribution in [0.4, 0.5) is 0 Å². The lowest BCUT2D eigenvalue weighted by molar-refractivity contribution is 0.868. The van der Waals surface area contributed by atoms with Gasteiger partial charge >= 0.3 is 0 Å². The lowest BCUT2D eigenvalue weighted by atomic mass is 10.1. The summed E-state index contributed by atoms with van der Waals surface area (Å²) in [6, 6.07) is 8.71. The van der Waals surface area contributed by atoms with Crippen LogP contribution in [-0.2, 0) is 13.0 Å². The molecule has 0 heterocycles. The summed E-state index contributed by atoms with van der Waals surface area (Å²) in [4.78, 5) is 0. The Labute approximate surface area is 105 Å². The average Bonchev–Trinajstić information content (AvgIpc) is 2.40. The van der Waals surface area contributed by atoms with E-state index in [4.69, 9.17) is 0 Å². The fraction of sp³-hybridized carbons (Fsp3) is 0.250. The molecule has 0 aromatic heterocycles. The Morgan fingerprint density at radius 3 is 2.41 bits per heavy atom. The van der Waals surface area contributed by atoms with Crippen molar-refractivity contribution in [1.29, 1.82) is 0 Å². The van der Waals surface area contributed by atoms with Crippen molar-refractivity contribution in [2.75, 3.05) is 0 Å². The third kappa shape index (κ3) is 4.73. The van der Waals surface area contributed by atoms with Gasteiger partial charge in [0.25, 0.3) is 0 Å². The summed E-state index contributed by atoms with van der Waals surface area (Å²) in [5, 5.41) is 3.27. The maximum absolute atomic E-state index is 3.74. The minimum atomic E-state index is 0.856. The summed E-state index contributed by atoms with van der Waals surface area (Å²) in [6.45, 7) is 8.77. The smallest absolute Gasteiger partial charge is 0.0395 e. The number of allylic oxidation sites excluding steroid dienone is 4. The van der Waals surface area contributed by atoms with Gasteiger partial charge in [0, 0.05) is 6.54 Å². The van der Waals surface area contributed by atoms with E-state index in [0.717, 1.165) is 18.5 Å². The summed E-state index contributed by atoms with van der Waals surface area (Å²) in [6.07, 6.45) is 8.95. The summed E-state index contributed by atoms with van der Waals surface area (Å²) in [7, 11) is 0. The largest absolute Gasteiger partial charge is 0.387 e. The van der Waals surface area contributed by atoms with E-state index in [0.29, 0.717) is 0 Å². The lowest BCUT2D eigenvalue weighted by Crippen LogP contribution is -2.04. The highest BCUT2D eigenvalue weighted by Crippen LogP contribution is 2.04. The topological polar surface area (TPSA) is 12.0 Å². The molecule has 1 rings (SSSR count). The Hall–Kier alpha value is -1.76. The second-order valence-electron chi connectivity index (χ2n) is 3.88. The maximum atomic E-state index is 3.74. The van der Waals surface area contributed by atoms with Crippen molar-refractivity contribution in [1.82, 2.24) is 5.32 Å². The zero-order valence-electron chi connectivity index (χ0n) is 10.7. The molecular weight excluding hydrogens is 206 g/mol. The molecule has 0 fully saturated rings. The van der Waals surface area contributed by atoms with Crippen molar-refractivity contribution >= 4 is 0 Å². The number of nitrogens with one attached hydrogen (secondary N) is 1. The van der Waals surface area contributed by atoms with Crippen LogP contribution in [0.15, 0.2) is 60.8 Å². The van der Waals surface area contributed by atoms with Crippen molar-refractivity contribution < 1.29 is 0 Å². The molecule has 0 aliphatic rings. The second-order valence-corrected chi connectivity index (χ2v) is 3.88. The molecule has 1 N–H and O–H groups in total. The summed E-state index contributed by atoms with van der Waals surface area (Å²) in [5.74, 6) is 0. The first-order valence-corrected chi connectivity index (χ1v) is 6.06. The Kier molecular flexibility index (Phi) is 5.87. The highest BCUT2D eigenvalue weighted by molar-refractivity contribution is 5.28. The van der Waals surface area contributed by atoms with Gasteiger partial charge in [0.15, 0.2) is 0 Å². The molecule has 0 saturated heterocycles. The van der Waals surface area contributed by atoms with E-state index in [2.05, 4.69) is 43.1 Å². The monoisotopic (exact) mass is 227 g/mol. The van der Waals surface area contributed by atoms with Gasteiger partial charge in [-0.2, -0.15) is 0 Å². The molecule has 0 spiro atoms. The standard InChI is InChI=1S/C16H21N/c1-4-14(5-2)11-12-17-13-16-9-7-15(6-3)8-10-16/h4-5,7-12,17H,1,6,13H2,2-3H3/b12-11-,14-5-. The molecule has 1 aromatic rings. The van der Waals surface area contributed by atoms with Crippen molar-refractivity contribution in [3.05, 3.63) is 72.0 Å². The van der Waals surface area contributed by atoms with Crippen molar-refractivity contribution in [3.8, 4) is 0 Å². The molecule has 17 heavy (non-hydrogen) atoms. The molecule has 0 aliphatic heterocycles. The minimum Gasteiger partial charge on any atom is -0.387 e. The number of rotatable bonds is 6. The molecule has 0 radical (unpaired) electrons. The van der Waals surface area contributed by atoms with Gasteiger partial charge in [-0.3, -0.25) is 0 Å². The van der Waals surface area contributed by atoms with Gasteiger partial charge in [0.05, 0.1) is 0 Å². The lowest BCUT2D eigenvalue weighted by Gasteiger charge is -2.03. The summed E-state index contributed by atoms with van der Waals surface area (Å²) in [5.41, 5.74) is 3.80. The van der Waals surface area contributed by atoms with E-state index in [1.54, 1.807) is 0 Å². The minimum absolute atomic E-state index is 0.856. The van der Waals surface area contributed by atoms with Gasteiger partial charge in [0.1, 0.15) is 0 Å². The molecule has 0 aliphatic carbocycles. The molecule has 0 amide bonds. The van der Waals surface area contributed by atoms with Gasteiger partial charge < -0.3 is 5.32 Å². The summed E-state index contributed by atoms with van der Waals surface area (Å²) < 4.78 is 0. The first-order chi connectivity index (χ1) is 8.30. The van der Waals surface area contributed by atoms with Gasteiger partial charge in [-0.1, -0.05) is 49.9 Å². The van der Waals surface area contributed by atoms with Crippen LogP contribution in [0.25, 0.3) is 0 Å². The second kappa shape index (κ2) is 7.50. The number of hydrogen-bond acceptors (Lipinski definition) is 1. The van der Waals surface area contributed by atoms with Crippen LogP contribution in [0.3, 0.4) is 0 Å². The van der Waals surface area contributed by atoms with Crippen LogP contribution in [0.1, 0.15) is 25.0 Å². The maximum Gasteiger partial charge on any atom is 0.0395 e. The zero-order valence-corrected chi connectivity index (χ0v) is 10.7. The van der Waals surface area contributed by atoms with Gasteiger partial charge in [-0.25, -0.2) is 0 Å². The Balaban J connectivity index is 2.42. The van der Waals surface area contributed by atoms with Crippen molar-refractivity contribution in [3.63, 3.8) is 0 Å². The molecule has 90 valence electrons. The van der Waals surface area contributed by atoms with Gasteiger partial charge in [-0.15, -0.1) is 0 Å². The highest BCUT2D eigenvalue weighted by atomic mass is 14.8. The molecule has 1 aromatic carbocycles. The molecule has 1 nitrogen and oxygen atoms in total. The molecule has 0 unspecified atom stereocenters. The van der Waals surface area contributed by atoms with Crippen molar-refractivity contribution in [2.45, 2.75) is 26.8 Å². The zero-order chi connectivity index (χ0) is 12.5. The van der Waals surface area contributed by atoms with Crippen LogP contribution < -0.4 is 5.32 Å². The van der Waals surface area contributed by atoms with E-state index in [1.807, 2.05) is 31.4 Å². The first kappa shape index (κ1) is 13.3. The molecule has 0 atom stereocenters. The number of hydrogen-bond donors (Lipinski definition) is 1. The van der Waals surface area contributed by atoms with Crippen LogP contribution in [0.2, 0.25) is 0 Å². The van der Waals surface area contributed by atoms with Gasteiger partial charge in [0.2, 0.25) is 0 Å². The average molecular weight is 227 g/mol. The normalized spacial score (nSPS) is 11.8. The van der Waals surface area contributed by atoms with Crippen molar-refractivity contribution in [2.24, 2.45) is 0 Å². The third-order valence-electron chi connectivity index (χ3n) is 2.70. The van der Waals surface area contributed by atoms with Crippen LogP contribution >= 0.6 is 0 Å². The van der Waals surface area contributed by atoms with E-state index in [-0.39, 0.29) is 0 Å².